The van der Waals surface area contributed by atoms with Gasteiger partial charge in [0.1, 0.15) is 0 Å². The molecule has 6 heteroatoms. The van der Waals surface area contributed by atoms with Crippen molar-refractivity contribution in [3.05, 3.63) is 51.5 Å². The summed E-state index contributed by atoms with van der Waals surface area (Å²) in [4.78, 5) is 4.19. The molecule has 0 fully saturated rings. The molecule has 2 aromatic rings. The van der Waals surface area contributed by atoms with Crippen molar-refractivity contribution in [2.45, 2.75) is 25.6 Å². The van der Waals surface area contributed by atoms with Crippen LogP contribution in [0.5, 0.6) is 0 Å². The third-order valence-electron chi connectivity index (χ3n) is 2.67. The van der Waals surface area contributed by atoms with Gasteiger partial charge < -0.3 is 5.11 Å². The molecule has 0 amide bonds. The van der Waals surface area contributed by atoms with Crippen LogP contribution < -0.4 is 0 Å². The third kappa shape index (κ3) is 3.78. The topological polar surface area (TPSA) is 33.1 Å². The number of nitrogens with zero attached hydrogens (tertiary/aromatic N) is 1. The summed E-state index contributed by atoms with van der Waals surface area (Å²) in [5.41, 5.74) is 0.842. The van der Waals surface area contributed by atoms with Gasteiger partial charge in [-0.15, -0.1) is 11.3 Å². The molecule has 102 valence electrons. The van der Waals surface area contributed by atoms with E-state index in [-0.39, 0.29) is 6.61 Å². The second-order valence-electron chi connectivity index (χ2n) is 4.09. The van der Waals surface area contributed by atoms with Crippen molar-refractivity contribution in [3.8, 4) is 0 Å². The minimum Gasteiger partial charge on any atom is -0.390 e. The van der Waals surface area contributed by atoms with Gasteiger partial charge in [-0.25, -0.2) is 4.98 Å². The second-order valence-corrected chi connectivity index (χ2v) is 5.03. The lowest BCUT2D eigenvalue weighted by atomic mass is 10.1. The smallest absolute Gasteiger partial charge is 0.390 e. The Morgan fingerprint density at radius 2 is 1.79 bits per heavy atom. The van der Waals surface area contributed by atoms with E-state index < -0.39 is 11.7 Å². The zero-order chi connectivity index (χ0) is 13.9. The molecule has 0 radical (unpaired) electrons. The maximum Gasteiger partial charge on any atom is 0.416 e. The Morgan fingerprint density at radius 3 is 2.32 bits per heavy atom. The molecule has 0 saturated carbocycles. The number of hydrogen-bond acceptors (Lipinski definition) is 3. The largest absolute Gasteiger partial charge is 0.416 e. The highest BCUT2D eigenvalue weighted by molar-refractivity contribution is 7.09. The number of halogens is 3. The molecule has 1 heterocycles. The van der Waals surface area contributed by atoms with Gasteiger partial charge in [0, 0.05) is 11.8 Å². The Morgan fingerprint density at radius 1 is 1.11 bits per heavy atom. The summed E-state index contributed by atoms with van der Waals surface area (Å²) in [6, 6.07) is 5.17. The van der Waals surface area contributed by atoms with Crippen molar-refractivity contribution in [1.29, 1.82) is 0 Å². The van der Waals surface area contributed by atoms with Crippen LogP contribution in [-0.4, -0.2) is 10.1 Å². The van der Waals surface area contributed by atoms with Crippen molar-refractivity contribution in [1.82, 2.24) is 4.98 Å². The van der Waals surface area contributed by atoms with Crippen molar-refractivity contribution < 1.29 is 18.3 Å². The van der Waals surface area contributed by atoms with Gasteiger partial charge in [-0.2, -0.15) is 13.2 Å². The highest BCUT2D eigenvalue weighted by Crippen LogP contribution is 2.29. The highest BCUT2D eigenvalue weighted by atomic mass is 32.1. The number of hydrogen-bond donors (Lipinski definition) is 1. The van der Waals surface area contributed by atoms with Gasteiger partial charge in [0.2, 0.25) is 0 Å². The van der Waals surface area contributed by atoms with Crippen molar-refractivity contribution in [2.24, 2.45) is 0 Å². The molecule has 0 unspecified atom stereocenters. The highest BCUT2D eigenvalue weighted by Gasteiger charge is 2.29. The lowest BCUT2D eigenvalue weighted by molar-refractivity contribution is -0.137. The van der Waals surface area contributed by atoms with Gasteiger partial charge >= 0.3 is 6.18 Å². The van der Waals surface area contributed by atoms with E-state index in [2.05, 4.69) is 4.98 Å². The van der Waals surface area contributed by atoms with Crippen LogP contribution in [0.2, 0.25) is 0 Å². The van der Waals surface area contributed by atoms with Crippen LogP contribution in [0.1, 0.15) is 21.8 Å². The number of rotatable bonds is 4. The Kier molecular flexibility index (Phi) is 4.21. The Bertz CT molecular complexity index is 534. The van der Waals surface area contributed by atoms with E-state index in [1.807, 2.05) is 0 Å². The molecule has 0 saturated heterocycles. The molecule has 0 spiro atoms. The van der Waals surface area contributed by atoms with Crippen molar-refractivity contribution in [2.75, 3.05) is 0 Å². The second kappa shape index (κ2) is 5.71. The normalized spacial score (nSPS) is 11.8. The minimum atomic E-state index is -4.29. The lowest BCUT2D eigenvalue weighted by Crippen LogP contribution is -2.04. The third-order valence-corrected chi connectivity index (χ3v) is 3.63. The van der Waals surface area contributed by atoms with Crippen LogP contribution in [0.15, 0.2) is 29.6 Å². The van der Waals surface area contributed by atoms with Gasteiger partial charge in [0.25, 0.3) is 0 Å². The fourth-order valence-electron chi connectivity index (χ4n) is 1.65. The first-order valence-corrected chi connectivity index (χ1v) is 6.57. The fraction of sp³-hybridized carbons (Fsp3) is 0.308. The van der Waals surface area contributed by atoms with E-state index >= 15 is 0 Å². The van der Waals surface area contributed by atoms with Crippen LogP contribution in [-0.2, 0) is 25.6 Å². The summed E-state index contributed by atoms with van der Waals surface area (Å²) in [5, 5.41) is 11.5. The molecule has 19 heavy (non-hydrogen) atoms. The molecule has 0 bridgehead atoms. The van der Waals surface area contributed by atoms with E-state index in [0.717, 1.165) is 22.7 Å². The predicted molar refractivity (Wildman–Crippen MR) is 66.9 cm³/mol. The fourth-order valence-corrected chi connectivity index (χ4v) is 2.44. The van der Waals surface area contributed by atoms with E-state index in [4.69, 9.17) is 5.11 Å². The molecule has 0 aliphatic carbocycles. The molecule has 2 nitrogen and oxygen atoms in total. The Hall–Kier alpha value is -1.40. The summed E-state index contributed by atoms with van der Waals surface area (Å²) >= 11 is 1.45. The average molecular weight is 287 g/mol. The first-order chi connectivity index (χ1) is 8.99. The molecule has 0 aliphatic heterocycles. The lowest BCUT2D eigenvalue weighted by Gasteiger charge is -2.07. The van der Waals surface area contributed by atoms with Crippen LogP contribution in [0.3, 0.4) is 0 Å². The summed E-state index contributed by atoms with van der Waals surface area (Å²) in [7, 11) is 0. The molecular weight excluding hydrogens is 275 g/mol. The number of thiazole rings is 1. The number of aryl methyl sites for hydroxylation is 2. The van der Waals surface area contributed by atoms with Gasteiger partial charge in [-0.3, -0.25) is 0 Å². The molecular formula is C13H12F3NOS. The number of aliphatic hydroxyl groups excluding tert-OH is 1. The number of aliphatic hydroxyl groups is 1. The molecule has 0 aliphatic rings. The maximum atomic E-state index is 12.4. The maximum absolute atomic E-state index is 12.4. The Labute approximate surface area is 112 Å². The van der Waals surface area contributed by atoms with Gasteiger partial charge in [0.15, 0.2) is 0 Å². The SMILES string of the molecule is OCc1csc(CCc2ccc(C(F)(F)F)cc2)n1. The van der Waals surface area contributed by atoms with Crippen LogP contribution in [0.25, 0.3) is 0 Å². The Balaban J connectivity index is 1.96. The zero-order valence-corrected chi connectivity index (χ0v) is 10.8. The first kappa shape index (κ1) is 14.0. The van der Waals surface area contributed by atoms with E-state index in [9.17, 15) is 13.2 Å². The van der Waals surface area contributed by atoms with E-state index in [1.54, 1.807) is 5.38 Å². The average Bonchev–Trinajstić information content (AvgIpc) is 2.84. The van der Waals surface area contributed by atoms with Crippen molar-refractivity contribution >= 4 is 11.3 Å². The van der Waals surface area contributed by atoms with Crippen molar-refractivity contribution in [3.63, 3.8) is 0 Å². The van der Waals surface area contributed by atoms with E-state index in [0.29, 0.717) is 18.5 Å². The number of aromatic nitrogens is 1. The zero-order valence-electron chi connectivity index (χ0n) is 9.94. The molecule has 0 atom stereocenters. The number of benzene rings is 1. The van der Waals surface area contributed by atoms with Crippen LogP contribution >= 0.6 is 11.3 Å². The number of alkyl halides is 3. The molecule has 1 aromatic heterocycles. The first-order valence-electron chi connectivity index (χ1n) is 5.69. The van der Waals surface area contributed by atoms with E-state index in [1.165, 1.54) is 23.5 Å². The summed E-state index contributed by atoms with van der Waals surface area (Å²) in [6.07, 6.45) is -2.99. The molecule has 1 aromatic carbocycles. The minimum absolute atomic E-state index is 0.0865. The van der Waals surface area contributed by atoms with Gasteiger partial charge in [-0.05, 0) is 24.1 Å². The monoisotopic (exact) mass is 287 g/mol. The van der Waals surface area contributed by atoms with Gasteiger partial charge in [0.05, 0.1) is 22.9 Å². The summed E-state index contributed by atoms with van der Waals surface area (Å²) < 4.78 is 37.1. The molecule has 1 N–H and O–H groups in total. The molecule has 2 rings (SSSR count). The van der Waals surface area contributed by atoms with Crippen LogP contribution in [0, 0.1) is 0 Å². The van der Waals surface area contributed by atoms with Crippen LogP contribution in [0.4, 0.5) is 13.2 Å². The standard InChI is InChI=1S/C13H12F3NOS/c14-13(15,16)10-4-1-9(2-5-10)3-6-12-17-11(7-18)8-19-12/h1-2,4-5,8,18H,3,6-7H2. The summed E-state index contributed by atoms with van der Waals surface area (Å²) in [6.45, 7) is -0.0865. The van der Waals surface area contributed by atoms with Gasteiger partial charge in [-0.1, -0.05) is 12.1 Å². The summed E-state index contributed by atoms with van der Waals surface area (Å²) in [5.74, 6) is 0. The predicted octanol–water partition coefficient (Wildman–Crippen LogP) is 3.44. The quantitative estimate of drug-likeness (QED) is 0.934.